The lowest BCUT2D eigenvalue weighted by Gasteiger charge is -2.46. The molecule has 1 saturated carbocycles. The van der Waals surface area contributed by atoms with E-state index in [9.17, 15) is 9.59 Å². The molecule has 1 aromatic carbocycles. The van der Waals surface area contributed by atoms with Crippen LogP contribution in [0.4, 0.5) is 0 Å². The van der Waals surface area contributed by atoms with Crippen molar-refractivity contribution < 1.29 is 9.59 Å². The number of rotatable bonds is 4. The van der Waals surface area contributed by atoms with Crippen molar-refractivity contribution in [2.45, 2.75) is 77.5 Å². The molecule has 0 bridgehead atoms. The molecule has 3 heterocycles. The molecule has 168 valence electrons. The maximum atomic E-state index is 14.1. The van der Waals surface area contributed by atoms with E-state index >= 15 is 0 Å². The first-order chi connectivity index (χ1) is 15.3. The minimum absolute atomic E-state index is 0.0476. The number of fused-ring (bicyclic) bond motifs is 3. The largest absolute Gasteiger partial charge is 0.351 e. The van der Waals surface area contributed by atoms with Gasteiger partial charge in [-0.05, 0) is 64.8 Å². The predicted molar refractivity (Wildman–Crippen MR) is 126 cm³/mol. The molecule has 2 aromatic heterocycles. The maximum absolute atomic E-state index is 14.1. The van der Waals surface area contributed by atoms with Crippen LogP contribution in [0, 0.1) is 6.92 Å². The number of nitrogens with zero attached hydrogens (tertiary/aromatic N) is 3. The van der Waals surface area contributed by atoms with Gasteiger partial charge in [0.25, 0.3) is 5.91 Å². The van der Waals surface area contributed by atoms with Crippen LogP contribution in [0.15, 0.2) is 42.7 Å². The van der Waals surface area contributed by atoms with Gasteiger partial charge in [0, 0.05) is 29.9 Å². The zero-order chi connectivity index (χ0) is 22.6. The predicted octanol–water partition coefficient (Wildman–Crippen LogP) is 4.42. The molecule has 1 aliphatic heterocycles. The molecule has 1 unspecified atom stereocenters. The second kappa shape index (κ2) is 7.54. The van der Waals surface area contributed by atoms with Crippen LogP contribution in [0.2, 0.25) is 0 Å². The van der Waals surface area contributed by atoms with Crippen molar-refractivity contribution in [2.24, 2.45) is 0 Å². The molecule has 2 amide bonds. The van der Waals surface area contributed by atoms with E-state index in [-0.39, 0.29) is 23.9 Å². The maximum Gasteiger partial charge on any atom is 0.273 e. The van der Waals surface area contributed by atoms with Crippen LogP contribution < -0.4 is 5.32 Å². The van der Waals surface area contributed by atoms with Gasteiger partial charge in [-0.2, -0.15) is 0 Å². The normalized spacial score (nSPS) is 21.5. The molecule has 6 nitrogen and oxygen atoms in total. The van der Waals surface area contributed by atoms with Gasteiger partial charge in [0.05, 0.1) is 17.7 Å². The summed E-state index contributed by atoms with van der Waals surface area (Å²) in [7, 11) is 0. The van der Waals surface area contributed by atoms with Gasteiger partial charge in [0.15, 0.2) is 0 Å². The van der Waals surface area contributed by atoms with Crippen molar-refractivity contribution in [3.63, 3.8) is 0 Å². The number of aromatic nitrogens is 2. The standard InChI is InChI=1S/C26H32N4O2/c1-17(2)30-24(31)23-22(28-13-7-8-14-28)20-15-18(3)11-12-21(20)29(23)16-26(30,4)25(32)27-19-9-5-6-10-19/h7-8,11-15,17,19H,5-6,9-10,16H2,1-4H3,(H,27,32). The summed E-state index contributed by atoms with van der Waals surface area (Å²) >= 11 is 0. The van der Waals surface area contributed by atoms with E-state index in [1.165, 1.54) is 0 Å². The van der Waals surface area contributed by atoms with Gasteiger partial charge in [0.1, 0.15) is 11.2 Å². The fraction of sp³-hybridized carbons (Fsp3) is 0.462. The molecule has 32 heavy (non-hydrogen) atoms. The summed E-state index contributed by atoms with van der Waals surface area (Å²) in [6.45, 7) is 8.42. The lowest BCUT2D eigenvalue weighted by Crippen LogP contribution is -2.66. The van der Waals surface area contributed by atoms with Crippen LogP contribution in [0.1, 0.15) is 62.5 Å². The van der Waals surface area contributed by atoms with Crippen LogP contribution in [0.3, 0.4) is 0 Å². The molecule has 5 rings (SSSR count). The lowest BCUT2D eigenvalue weighted by molar-refractivity contribution is -0.134. The number of amides is 2. The van der Waals surface area contributed by atoms with E-state index in [0.717, 1.165) is 47.8 Å². The van der Waals surface area contributed by atoms with Crippen molar-refractivity contribution in [2.75, 3.05) is 0 Å². The second-order valence-corrected chi connectivity index (χ2v) is 9.89. The highest BCUT2D eigenvalue weighted by atomic mass is 16.2. The topological polar surface area (TPSA) is 59.3 Å². The second-order valence-electron chi connectivity index (χ2n) is 9.89. The molecule has 6 heteroatoms. The van der Waals surface area contributed by atoms with E-state index in [4.69, 9.17) is 0 Å². The van der Waals surface area contributed by atoms with Gasteiger partial charge in [-0.1, -0.05) is 24.5 Å². The third kappa shape index (κ3) is 3.07. The summed E-state index contributed by atoms with van der Waals surface area (Å²) in [5.74, 6) is -0.138. The summed E-state index contributed by atoms with van der Waals surface area (Å²) < 4.78 is 4.09. The Morgan fingerprint density at radius 1 is 1.16 bits per heavy atom. The molecular formula is C26H32N4O2. The van der Waals surface area contributed by atoms with Gasteiger partial charge < -0.3 is 19.4 Å². The average molecular weight is 433 g/mol. The molecule has 3 aromatic rings. The smallest absolute Gasteiger partial charge is 0.273 e. The van der Waals surface area contributed by atoms with Crippen molar-refractivity contribution in [1.82, 2.24) is 19.4 Å². The summed E-state index contributed by atoms with van der Waals surface area (Å²) in [5.41, 5.74) is 2.73. The number of benzene rings is 1. The third-order valence-corrected chi connectivity index (χ3v) is 7.17. The summed E-state index contributed by atoms with van der Waals surface area (Å²) in [6, 6.07) is 10.3. The molecule has 0 radical (unpaired) electrons. The van der Waals surface area contributed by atoms with Crippen LogP contribution >= 0.6 is 0 Å². The van der Waals surface area contributed by atoms with Gasteiger partial charge >= 0.3 is 0 Å². The van der Waals surface area contributed by atoms with Gasteiger partial charge in [-0.25, -0.2) is 0 Å². The van der Waals surface area contributed by atoms with Crippen LogP contribution in [-0.4, -0.2) is 43.5 Å². The van der Waals surface area contributed by atoms with E-state index in [1.807, 2.05) is 49.9 Å². The average Bonchev–Trinajstić information content (AvgIpc) is 3.48. The van der Waals surface area contributed by atoms with Crippen LogP contribution in [-0.2, 0) is 11.3 Å². The number of carbonyl (C=O) groups excluding carboxylic acids is 2. The molecule has 0 saturated heterocycles. The molecule has 1 aliphatic carbocycles. The quantitative estimate of drug-likeness (QED) is 0.663. The summed E-state index contributed by atoms with van der Waals surface area (Å²) in [5, 5.41) is 4.30. The Morgan fingerprint density at radius 3 is 2.50 bits per heavy atom. The molecule has 1 atom stereocenters. The fourth-order valence-electron chi connectivity index (χ4n) is 5.70. The Kier molecular flexibility index (Phi) is 4.91. The van der Waals surface area contributed by atoms with Gasteiger partial charge in [0.2, 0.25) is 5.91 Å². The van der Waals surface area contributed by atoms with Crippen molar-refractivity contribution in [1.29, 1.82) is 0 Å². The Morgan fingerprint density at radius 2 is 1.84 bits per heavy atom. The number of hydrogen-bond donors (Lipinski definition) is 1. The molecule has 2 aliphatic rings. The Balaban J connectivity index is 1.70. The molecule has 1 N–H and O–H groups in total. The summed E-state index contributed by atoms with van der Waals surface area (Å²) in [4.78, 5) is 29.5. The zero-order valence-corrected chi connectivity index (χ0v) is 19.4. The van der Waals surface area contributed by atoms with E-state index < -0.39 is 5.54 Å². The van der Waals surface area contributed by atoms with E-state index in [2.05, 4.69) is 35.0 Å². The first-order valence-corrected chi connectivity index (χ1v) is 11.7. The van der Waals surface area contributed by atoms with Crippen molar-refractivity contribution >= 4 is 22.7 Å². The zero-order valence-electron chi connectivity index (χ0n) is 19.4. The monoisotopic (exact) mass is 432 g/mol. The minimum atomic E-state index is -0.953. The van der Waals surface area contributed by atoms with Crippen molar-refractivity contribution in [3.05, 3.63) is 54.0 Å². The summed E-state index contributed by atoms with van der Waals surface area (Å²) in [6.07, 6.45) is 8.30. The minimum Gasteiger partial charge on any atom is -0.351 e. The SMILES string of the molecule is Cc1ccc2c(c1)c(-n1cccc1)c1n2CC(C)(C(=O)NC2CCCC2)N(C(C)C)C1=O. The number of nitrogens with one attached hydrogen (secondary N) is 1. The molecular weight excluding hydrogens is 400 g/mol. The first-order valence-electron chi connectivity index (χ1n) is 11.7. The molecule has 0 spiro atoms. The van der Waals surface area contributed by atoms with Gasteiger partial charge in [-0.15, -0.1) is 0 Å². The number of aryl methyl sites for hydroxylation is 1. The highest BCUT2D eigenvalue weighted by Gasteiger charge is 2.50. The number of carbonyl (C=O) groups is 2. The number of hydrogen-bond acceptors (Lipinski definition) is 2. The molecule has 1 fully saturated rings. The van der Waals surface area contributed by atoms with Crippen LogP contribution in [0.25, 0.3) is 16.6 Å². The Bertz CT molecular complexity index is 1180. The highest BCUT2D eigenvalue weighted by molar-refractivity contribution is 6.09. The Hall–Kier alpha value is -3.02. The first kappa shape index (κ1) is 20.9. The van der Waals surface area contributed by atoms with E-state index in [1.54, 1.807) is 4.90 Å². The lowest BCUT2D eigenvalue weighted by atomic mass is 9.92. The van der Waals surface area contributed by atoms with Crippen LogP contribution in [0.5, 0.6) is 0 Å². The van der Waals surface area contributed by atoms with E-state index in [0.29, 0.717) is 12.2 Å². The highest BCUT2D eigenvalue weighted by Crippen LogP contribution is 2.39. The Labute approximate surface area is 189 Å². The van der Waals surface area contributed by atoms with Crippen molar-refractivity contribution in [3.8, 4) is 5.69 Å². The third-order valence-electron chi connectivity index (χ3n) is 7.17. The fourth-order valence-corrected chi connectivity index (χ4v) is 5.70. The van der Waals surface area contributed by atoms with Gasteiger partial charge in [-0.3, -0.25) is 9.59 Å².